The zero-order chi connectivity index (χ0) is 14.2. The topological polar surface area (TPSA) is 37.4 Å². The van der Waals surface area contributed by atoms with Crippen LogP contribution in [0.4, 0.5) is 4.39 Å². The highest BCUT2D eigenvalue weighted by Crippen LogP contribution is 2.33. The molecule has 1 aliphatic rings. The smallest absolute Gasteiger partial charge is 0.207 e. The highest BCUT2D eigenvalue weighted by Gasteiger charge is 2.32. The summed E-state index contributed by atoms with van der Waals surface area (Å²) in [7, 11) is -2.10. The summed E-state index contributed by atoms with van der Waals surface area (Å²) in [5.74, 6) is -0.238. The number of rotatable bonds is 4. The summed E-state index contributed by atoms with van der Waals surface area (Å²) < 4.78 is 39.3. The lowest BCUT2D eigenvalue weighted by Gasteiger charge is -2.33. The van der Waals surface area contributed by atoms with Crippen molar-refractivity contribution >= 4 is 21.6 Å². The van der Waals surface area contributed by atoms with Crippen LogP contribution in [0.5, 0.6) is 0 Å². The molecule has 0 amide bonds. The molecule has 106 valence electrons. The first-order chi connectivity index (χ1) is 8.80. The minimum atomic E-state index is -3.63. The summed E-state index contributed by atoms with van der Waals surface area (Å²) >= 11 is 5.89. The van der Waals surface area contributed by atoms with Crippen molar-refractivity contribution in [1.29, 1.82) is 0 Å². The first kappa shape index (κ1) is 14.8. The van der Waals surface area contributed by atoms with Crippen LogP contribution in [-0.2, 0) is 10.0 Å². The van der Waals surface area contributed by atoms with Gasteiger partial charge in [0.25, 0.3) is 0 Å². The van der Waals surface area contributed by atoms with Crippen molar-refractivity contribution in [2.45, 2.75) is 30.0 Å². The van der Waals surface area contributed by atoms with E-state index in [1.54, 1.807) is 6.92 Å². The highest BCUT2D eigenvalue weighted by molar-refractivity contribution is 7.89. The van der Waals surface area contributed by atoms with Gasteiger partial charge >= 0.3 is 0 Å². The van der Waals surface area contributed by atoms with E-state index in [-0.39, 0.29) is 10.3 Å². The van der Waals surface area contributed by atoms with Gasteiger partial charge in [-0.15, -0.1) is 11.6 Å². The Balaban J connectivity index is 2.19. The lowest BCUT2D eigenvalue weighted by molar-refractivity contribution is 0.268. The van der Waals surface area contributed by atoms with E-state index in [1.807, 2.05) is 0 Å². The average molecular weight is 306 g/mol. The molecule has 6 heteroatoms. The summed E-state index contributed by atoms with van der Waals surface area (Å²) in [5, 5.41) is 0.164. The van der Waals surface area contributed by atoms with E-state index in [9.17, 15) is 12.8 Å². The molecule has 19 heavy (non-hydrogen) atoms. The van der Waals surface area contributed by atoms with E-state index in [0.717, 1.165) is 18.9 Å². The van der Waals surface area contributed by atoms with Gasteiger partial charge < -0.3 is 0 Å². The fourth-order valence-electron chi connectivity index (χ4n) is 2.28. The predicted molar refractivity (Wildman–Crippen MR) is 73.3 cm³/mol. The maximum absolute atomic E-state index is 13.2. The van der Waals surface area contributed by atoms with Gasteiger partial charge in [-0.3, -0.25) is 0 Å². The van der Waals surface area contributed by atoms with E-state index in [0.29, 0.717) is 18.0 Å². The van der Waals surface area contributed by atoms with E-state index in [4.69, 9.17) is 11.6 Å². The number of aryl methyl sites for hydroxylation is 1. The molecular weight excluding hydrogens is 289 g/mol. The standard InChI is InChI=1S/C13H17ClFNO2S/c1-9-3-4-12(15)7-13(9)19(17,18)16(2)8-10-5-11(14)6-10/h3-4,7,10-11H,5-6,8H2,1-2H3. The van der Waals surface area contributed by atoms with Crippen molar-refractivity contribution in [3.63, 3.8) is 0 Å². The van der Waals surface area contributed by atoms with Gasteiger partial charge in [-0.1, -0.05) is 6.07 Å². The van der Waals surface area contributed by atoms with Crippen molar-refractivity contribution in [2.75, 3.05) is 13.6 Å². The zero-order valence-electron chi connectivity index (χ0n) is 10.9. The summed E-state index contributed by atoms with van der Waals surface area (Å²) in [6.07, 6.45) is 1.67. The molecule has 0 bridgehead atoms. The van der Waals surface area contributed by atoms with Gasteiger partial charge in [0.05, 0.1) is 4.90 Å². The fourth-order valence-corrected chi connectivity index (χ4v) is 4.27. The Morgan fingerprint density at radius 1 is 1.42 bits per heavy atom. The molecular formula is C13H17ClFNO2S. The van der Waals surface area contributed by atoms with E-state index < -0.39 is 15.8 Å². The molecule has 0 atom stereocenters. The first-order valence-corrected chi connectivity index (χ1v) is 8.05. The minimum Gasteiger partial charge on any atom is -0.207 e. The number of alkyl halides is 1. The normalized spacial score (nSPS) is 23.4. The minimum absolute atomic E-state index is 0.0387. The Morgan fingerprint density at radius 3 is 2.63 bits per heavy atom. The molecule has 0 heterocycles. The Kier molecular flexibility index (Phi) is 4.18. The van der Waals surface area contributed by atoms with Gasteiger partial charge in [0.2, 0.25) is 10.0 Å². The van der Waals surface area contributed by atoms with Crippen LogP contribution >= 0.6 is 11.6 Å². The Labute approximate surface area is 118 Å². The summed E-state index contributed by atoms with van der Waals surface area (Å²) in [6, 6.07) is 3.82. The maximum Gasteiger partial charge on any atom is 0.243 e. The molecule has 3 nitrogen and oxygen atoms in total. The fraction of sp³-hybridized carbons (Fsp3) is 0.538. The van der Waals surface area contributed by atoms with Crippen LogP contribution in [-0.4, -0.2) is 31.7 Å². The number of hydrogen-bond acceptors (Lipinski definition) is 2. The monoisotopic (exact) mass is 305 g/mol. The molecule has 1 fully saturated rings. The molecule has 1 aliphatic carbocycles. The average Bonchev–Trinajstić information content (AvgIpc) is 2.30. The van der Waals surface area contributed by atoms with Crippen LogP contribution in [0, 0.1) is 18.7 Å². The molecule has 0 aromatic heterocycles. The number of hydrogen-bond donors (Lipinski definition) is 0. The number of benzene rings is 1. The molecule has 0 saturated heterocycles. The third kappa shape index (κ3) is 3.09. The Morgan fingerprint density at radius 2 is 2.05 bits per heavy atom. The molecule has 1 aromatic carbocycles. The second-order valence-corrected chi connectivity index (χ2v) is 7.76. The van der Waals surface area contributed by atoms with Crippen LogP contribution < -0.4 is 0 Å². The lowest BCUT2D eigenvalue weighted by atomic mass is 9.85. The van der Waals surface area contributed by atoms with Gasteiger partial charge in [0.1, 0.15) is 5.82 Å². The van der Waals surface area contributed by atoms with Gasteiger partial charge in [-0.2, -0.15) is 0 Å². The van der Waals surface area contributed by atoms with Crippen LogP contribution in [0.1, 0.15) is 18.4 Å². The lowest BCUT2D eigenvalue weighted by Crippen LogP contribution is -2.38. The van der Waals surface area contributed by atoms with Gasteiger partial charge in [0.15, 0.2) is 0 Å². The quantitative estimate of drug-likeness (QED) is 0.802. The van der Waals surface area contributed by atoms with Crippen LogP contribution in [0.25, 0.3) is 0 Å². The summed E-state index contributed by atoms with van der Waals surface area (Å²) in [4.78, 5) is 0.0387. The molecule has 0 spiro atoms. The van der Waals surface area contributed by atoms with Crippen LogP contribution in [0.15, 0.2) is 23.1 Å². The molecule has 0 radical (unpaired) electrons. The zero-order valence-corrected chi connectivity index (χ0v) is 12.5. The number of sulfonamides is 1. The Hall–Kier alpha value is -0.650. The van der Waals surface area contributed by atoms with Crippen LogP contribution in [0.3, 0.4) is 0 Å². The van der Waals surface area contributed by atoms with Crippen molar-refractivity contribution in [3.05, 3.63) is 29.6 Å². The second-order valence-electron chi connectivity index (χ2n) is 5.13. The second kappa shape index (κ2) is 5.38. The maximum atomic E-state index is 13.2. The van der Waals surface area contributed by atoms with Crippen molar-refractivity contribution in [3.8, 4) is 0 Å². The van der Waals surface area contributed by atoms with Crippen LogP contribution in [0.2, 0.25) is 0 Å². The summed E-state index contributed by atoms with van der Waals surface area (Å²) in [6.45, 7) is 2.10. The summed E-state index contributed by atoms with van der Waals surface area (Å²) in [5.41, 5.74) is 0.553. The van der Waals surface area contributed by atoms with E-state index in [2.05, 4.69) is 0 Å². The molecule has 0 N–H and O–H groups in total. The number of halogens is 2. The van der Waals surface area contributed by atoms with Crippen molar-refractivity contribution < 1.29 is 12.8 Å². The van der Waals surface area contributed by atoms with Gasteiger partial charge in [0, 0.05) is 19.0 Å². The molecule has 0 aliphatic heterocycles. The Bertz CT molecular complexity index is 570. The molecule has 1 saturated carbocycles. The van der Waals surface area contributed by atoms with Gasteiger partial charge in [-0.25, -0.2) is 17.1 Å². The highest BCUT2D eigenvalue weighted by atomic mass is 35.5. The molecule has 0 unspecified atom stereocenters. The molecule has 2 rings (SSSR count). The van der Waals surface area contributed by atoms with Crippen molar-refractivity contribution in [2.24, 2.45) is 5.92 Å². The largest absolute Gasteiger partial charge is 0.243 e. The number of nitrogens with zero attached hydrogens (tertiary/aromatic N) is 1. The van der Waals surface area contributed by atoms with Gasteiger partial charge in [-0.05, 0) is 43.4 Å². The third-order valence-electron chi connectivity index (χ3n) is 3.53. The predicted octanol–water partition coefficient (Wildman–Crippen LogP) is 2.77. The molecule has 1 aromatic rings. The van der Waals surface area contributed by atoms with E-state index in [1.165, 1.54) is 23.5 Å². The first-order valence-electron chi connectivity index (χ1n) is 6.17. The van der Waals surface area contributed by atoms with E-state index >= 15 is 0 Å². The van der Waals surface area contributed by atoms with Crippen molar-refractivity contribution in [1.82, 2.24) is 4.31 Å². The third-order valence-corrected chi connectivity index (χ3v) is 5.85. The SMILES string of the molecule is Cc1ccc(F)cc1S(=O)(=O)N(C)CC1CC(Cl)C1.